The molecule has 3 aromatic carbocycles. The third-order valence-electron chi connectivity index (χ3n) is 5.07. The van der Waals surface area contributed by atoms with Gasteiger partial charge < -0.3 is 9.47 Å². The number of hydrogen-bond acceptors (Lipinski definition) is 7. The lowest BCUT2D eigenvalue weighted by Gasteiger charge is -2.13. The maximum atomic E-state index is 12.0. The number of carbonyl (C=O) groups excluding carboxylic acids is 1. The minimum Gasteiger partial charge on any atom is -0.490 e. The van der Waals surface area contributed by atoms with Gasteiger partial charge in [0.25, 0.3) is 5.91 Å². The number of nitrogens with one attached hydrogen (secondary N) is 1. The molecule has 0 saturated heterocycles. The van der Waals surface area contributed by atoms with Gasteiger partial charge in [0.15, 0.2) is 11.5 Å². The second-order valence-electron chi connectivity index (χ2n) is 7.51. The Balaban J connectivity index is 1.39. The van der Waals surface area contributed by atoms with Gasteiger partial charge in [0.1, 0.15) is 25.5 Å². The van der Waals surface area contributed by atoms with Crippen molar-refractivity contribution in [3.05, 3.63) is 94.3 Å². The summed E-state index contributed by atoms with van der Waals surface area (Å²) < 4.78 is 13.0. The first kappa shape index (κ1) is 23.4. The lowest BCUT2D eigenvalue weighted by molar-refractivity contribution is -0.385. The smallest absolute Gasteiger partial charge is 0.307 e. The summed E-state index contributed by atoms with van der Waals surface area (Å²) in [7, 11) is 0. The largest absolute Gasteiger partial charge is 0.490 e. The van der Waals surface area contributed by atoms with E-state index in [0.717, 1.165) is 27.2 Å². The zero-order valence-electron chi connectivity index (χ0n) is 19.0. The van der Waals surface area contributed by atoms with Crippen LogP contribution in [0.15, 0.2) is 78.2 Å². The van der Waals surface area contributed by atoms with Gasteiger partial charge in [-0.05, 0) is 47.0 Å². The number of benzene rings is 3. The SMILES string of the molecule is CCOc1cc(C=NNC(=O)Cn2cc([N+](=O)[O-])cn2)ccc1OCc1cccc2ccccc12. The summed E-state index contributed by atoms with van der Waals surface area (Å²) >= 11 is 0. The monoisotopic (exact) mass is 473 g/mol. The Kier molecular flexibility index (Phi) is 7.31. The number of fused-ring (bicyclic) bond motifs is 1. The van der Waals surface area contributed by atoms with Crippen LogP contribution in [0.1, 0.15) is 18.1 Å². The summed E-state index contributed by atoms with van der Waals surface area (Å²) in [5, 5.41) is 20.7. The number of rotatable bonds is 10. The molecule has 0 bridgehead atoms. The zero-order valence-corrected chi connectivity index (χ0v) is 19.0. The minimum atomic E-state index is -0.578. The normalized spacial score (nSPS) is 11.0. The number of carbonyl (C=O) groups is 1. The van der Waals surface area contributed by atoms with Crippen molar-refractivity contribution in [2.75, 3.05) is 6.61 Å². The van der Waals surface area contributed by atoms with Crippen LogP contribution < -0.4 is 14.9 Å². The molecule has 1 aromatic heterocycles. The minimum absolute atomic E-state index is 0.187. The highest BCUT2D eigenvalue weighted by Crippen LogP contribution is 2.30. The third kappa shape index (κ3) is 5.99. The van der Waals surface area contributed by atoms with Crippen LogP contribution in [0, 0.1) is 10.1 Å². The molecule has 178 valence electrons. The summed E-state index contributed by atoms with van der Waals surface area (Å²) in [4.78, 5) is 22.1. The molecular weight excluding hydrogens is 450 g/mol. The van der Waals surface area contributed by atoms with Crippen molar-refractivity contribution in [3.63, 3.8) is 0 Å². The van der Waals surface area contributed by atoms with Crippen molar-refractivity contribution in [1.82, 2.24) is 15.2 Å². The molecule has 35 heavy (non-hydrogen) atoms. The Morgan fingerprint density at radius 2 is 1.97 bits per heavy atom. The average Bonchev–Trinajstić information content (AvgIpc) is 3.32. The quantitative estimate of drug-likeness (QED) is 0.211. The molecule has 0 aliphatic rings. The highest BCUT2D eigenvalue weighted by atomic mass is 16.6. The van der Waals surface area contributed by atoms with Crippen LogP contribution >= 0.6 is 0 Å². The molecule has 0 radical (unpaired) electrons. The molecule has 0 saturated carbocycles. The van der Waals surface area contributed by atoms with E-state index in [1.807, 2.05) is 31.2 Å². The van der Waals surface area contributed by atoms with Crippen LogP contribution in [0.3, 0.4) is 0 Å². The van der Waals surface area contributed by atoms with Crippen LogP contribution in [0.4, 0.5) is 5.69 Å². The maximum absolute atomic E-state index is 12.0. The molecule has 10 heteroatoms. The molecule has 0 spiro atoms. The van der Waals surface area contributed by atoms with E-state index in [-0.39, 0.29) is 12.2 Å². The van der Waals surface area contributed by atoms with Gasteiger partial charge >= 0.3 is 5.69 Å². The number of nitrogens with zero attached hydrogens (tertiary/aromatic N) is 4. The number of aromatic nitrogens is 2. The number of nitro groups is 1. The Labute approximate surface area is 200 Å². The molecule has 1 heterocycles. The fourth-order valence-corrected chi connectivity index (χ4v) is 3.46. The Hall–Kier alpha value is -4.73. The van der Waals surface area contributed by atoms with Crippen LogP contribution in [-0.4, -0.2) is 33.4 Å². The Morgan fingerprint density at radius 3 is 2.77 bits per heavy atom. The predicted octanol–water partition coefficient (Wildman–Crippen LogP) is 4.07. The summed E-state index contributed by atoms with van der Waals surface area (Å²) in [6.07, 6.45) is 3.73. The fraction of sp³-hybridized carbons (Fsp3) is 0.160. The second kappa shape index (κ2) is 10.9. The Morgan fingerprint density at radius 1 is 1.14 bits per heavy atom. The number of amides is 1. The molecule has 4 aromatic rings. The van der Waals surface area contributed by atoms with Gasteiger partial charge in [0.05, 0.1) is 17.7 Å². The molecule has 4 rings (SSSR count). The average molecular weight is 473 g/mol. The summed E-state index contributed by atoms with van der Waals surface area (Å²) in [6, 6.07) is 19.6. The Bertz CT molecular complexity index is 1380. The highest BCUT2D eigenvalue weighted by molar-refractivity contribution is 5.85. The molecular formula is C25H23N5O5. The van der Waals surface area contributed by atoms with Gasteiger partial charge in [-0.25, -0.2) is 5.43 Å². The van der Waals surface area contributed by atoms with E-state index in [4.69, 9.17) is 9.47 Å². The van der Waals surface area contributed by atoms with Crippen LogP contribution in [0.2, 0.25) is 0 Å². The van der Waals surface area contributed by atoms with Gasteiger partial charge in [-0.2, -0.15) is 10.2 Å². The van der Waals surface area contributed by atoms with Gasteiger partial charge in [-0.1, -0.05) is 42.5 Å². The van der Waals surface area contributed by atoms with Crippen molar-refractivity contribution in [1.29, 1.82) is 0 Å². The van der Waals surface area contributed by atoms with Crippen molar-refractivity contribution < 1.29 is 19.2 Å². The summed E-state index contributed by atoms with van der Waals surface area (Å²) in [5.74, 6) is 0.687. The van der Waals surface area contributed by atoms with E-state index in [2.05, 4.69) is 33.8 Å². The fourth-order valence-electron chi connectivity index (χ4n) is 3.46. The summed E-state index contributed by atoms with van der Waals surface area (Å²) in [5.41, 5.74) is 3.95. The first-order chi connectivity index (χ1) is 17.0. The predicted molar refractivity (Wildman–Crippen MR) is 131 cm³/mol. The molecule has 0 unspecified atom stereocenters. The molecule has 10 nitrogen and oxygen atoms in total. The molecule has 0 aliphatic heterocycles. The topological polar surface area (TPSA) is 121 Å². The lowest BCUT2D eigenvalue weighted by atomic mass is 10.1. The first-order valence-electron chi connectivity index (χ1n) is 10.9. The lowest BCUT2D eigenvalue weighted by Crippen LogP contribution is -2.23. The number of hydrazone groups is 1. The standard InChI is InChI=1S/C25H23N5O5/c1-2-34-24-12-18(13-26-28-25(31)16-29-15-21(14-27-29)30(32)33)10-11-23(24)35-17-20-8-5-7-19-6-3-4-9-22(19)20/h3-15H,2,16-17H2,1H3,(H,28,31). The van der Waals surface area contributed by atoms with Crippen molar-refractivity contribution in [3.8, 4) is 11.5 Å². The first-order valence-corrected chi connectivity index (χ1v) is 10.9. The van der Waals surface area contributed by atoms with E-state index in [9.17, 15) is 14.9 Å². The van der Waals surface area contributed by atoms with Crippen molar-refractivity contribution >= 4 is 28.6 Å². The van der Waals surface area contributed by atoms with Crippen molar-refractivity contribution in [2.45, 2.75) is 20.1 Å². The molecule has 0 fully saturated rings. The van der Waals surface area contributed by atoms with Crippen molar-refractivity contribution in [2.24, 2.45) is 5.10 Å². The molecule has 1 N–H and O–H groups in total. The van der Waals surface area contributed by atoms with E-state index in [1.54, 1.807) is 18.2 Å². The molecule has 1 amide bonds. The second-order valence-corrected chi connectivity index (χ2v) is 7.51. The third-order valence-corrected chi connectivity index (χ3v) is 5.07. The van der Waals surface area contributed by atoms with Crippen LogP contribution in [0.25, 0.3) is 10.8 Å². The number of ether oxygens (including phenoxy) is 2. The molecule has 0 aliphatic carbocycles. The van der Waals surface area contributed by atoms with Crippen LogP contribution in [-0.2, 0) is 17.9 Å². The van der Waals surface area contributed by atoms with E-state index < -0.39 is 10.8 Å². The number of hydrogen-bond donors (Lipinski definition) is 1. The van der Waals surface area contributed by atoms with E-state index in [0.29, 0.717) is 30.3 Å². The van der Waals surface area contributed by atoms with Gasteiger partial charge in [0, 0.05) is 0 Å². The molecule has 0 atom stereocenters. The summed E-state index contributed by atoms with van der Waals surface area (Å²) in [6.45, 7) is 2.53. The van der Waals surface area contributed by atoms with Crippen LogP contribution in [0.5, 0.6) is 11.5 Å². The maximum Gasteiger partial charge on any atom is 0.307 e. The van der Waals surface area contributed by atoms with E-state index in [1.165, 1.54) is 12.4 Å². The highest BCUT2D eigenvalue weighted by Gasteiger charge is 2.11. The van der Waals surface area contributed by atoms with Gasteiger partial charge in [-0.3, -0.25) is 19.6 Å². The van der Waals surface area contributed by atoms with Gasteiger partial charge in [-0.15, -0.1) is 0 Å². The zero-order chi connectivity index (χ0) is 24.6. The van der Waals surface area contributed by atoms with Gasteiger partial charge in [0.2, 0.25) is 0 Å². The van der Waals surface area contributed by atoms with E-state index >= 15 is 0 Å².